The van der Waals surface area contributed by atoms with E-state index in [1.165, 1.54) is 12.8 Å². The van der Waals surface area contributed by atoms with Crippen LogP contribution in [0, 0.1) is 0 Å². The first-order valence-electron chi connectivity index (χ1n) is 9.02. The van der Waals surface area contributed by atoms with Gasteiger partial charge in [0, 0.05) is 29.2 Å². The maximum absolute atomic E-state index is 12.9. The Morgan fingerprint density at radius 3 is 2.54 bits per heavy atom. The van der Waals surface area contributed by atoms with E-state index in [4.69, 9.17) is 21.1 Å². The highest BCUT2D eigenvalue weighted by Gasteiger charge is 2.18. The molecule has 1 aliphatic heterocycles. The van der Waals surface area contributed by atoms with Gasteiger partial charge in [-0.15, -0.1) is 0 Å². The van der Waals surface area contributed by atoms with Crippen LogP contribution in [0.3, 0.4) is 0 Å². The van der Waals surface area contributed by atoms with Gasteiger partial charge in [0.25, 0.3) is 5.91 Å². The van der Waals surface area contributed by atoms with E-state index in [9.17, 15) is 4.79 Å². The number of carbonyl (C=O) groups is 1. The zero-order valence-electron chi connectivity index (χ0n) is 15.0. The Bertz CT molecular complexity index is 755. The molecule has 1 aliphatic rings. The van der Waals surface area contributed by atoms with Gasteiger partial charge >= 0.3 is 0 Å². The smallest absolute Gasteiger partial charge is 0.253 e. The molecular weight excluding hydrogens is 350 g/mol. The number of benzene rings is 2. The number of hydrogen-bond donors (Lipinski definition) is 0. The fraction of sp³-hybridized carbons (Fsp3) is 0.381. The molecule has 2 aromatic carbocycles. The van der Waals surface area contributed by atoms with Gasteiger partial charge in [-0.25, -0.2) is 0 Å². The highest BCUT2D eigenvalue weighted by molar-refractivity contribution is 6.30. The maximum Gasteiger partial charge on any atom is 0.253 e. The van der Waals surface area contributed by atoms with Gasteiger partial charge in [-0.1, -0.05) is 30.5 Å². The van der Waals surface area contributed by atoms with Crippen LogP contribution in [0.2, 0.25) is 5.02 Å². The van der Waals surface area contributed by atoms with Gasteiger partial charge in [-0.05, 0) is 49.2 Å². The van der Waals surface area contributed by atoms with Crippen LogP contribution in [0.25, 0.3) is 0 Å². The first kappa shape index (κ1) is 18.6. The Balaban J connectivity index is 1.76. The van der Waals surface area contributed by atoms with Gasteiger partial charge in [0.05, 0.1) is 7.11 Å². The maximum atomic E-state index is 12.9. The van der Waals surface area contributed by atoms with Crippen molar-refractivity contribution in [1.29, 1.82) is 0 Å². The minimum Gasteiger partial charge on any atom is -0.496 e. The fourth-order valence-corrected chi connectivity index (χ4v) is 3.38. The van der Waals surface area contributed by atoms with Crippen molar-refractivity contribution in [3.8, 4) is 11.5 Å². The van der Waals surface area contributed by atoms with Crippen molar-refractivity contribution in [2.45, 2.75) is 32.3 Å². The second-order valence-electron chi connectivity index (χ2n) is 6.48. The molecule has 3 rings (SSSR count). The standard InChI is InChI=1S/C21H24ClNO3/c1-25-20-10-9-16(21(24)23-11-4-2-3-5-12-23)13-17(20)15-26-19-8-6-7-18(22)14-19/h6-10,13-14H,2-5,11-12,15H2,1H3. The largest absolute Gasteiger partial charge is 0.496 e. The molecule has 1 amide bonds. The van der Waals surface area contributed by atoms with Crippen molar-refractivity contribution in [2.24, 2.45) is 0 Å². The molecule has 0 saturated carbocycles. The molecule has 0 unspecified atom stereocenters. The van der Waals surface area contributed by atoms with Gasteiger partial charge in [-0.3, -0.25) is 4.79 Å². The molecule has 1 saturated heterocycles. The highest BCUT2D eigenvalue weighted by Crippen LogP contribution is 2.25. The van der Waals surface area contributed by atoms with Crippen molar-refractivity contribution in [1.82, 2.24) is 4.90 Å². The molecule has 26 heavy (non-hydrogen) atoms. The van der Waals surface area contributed by atoms with E-state index in [1.54, 1.807) is 19.2 Å². The van der Waals surface area contributed by atoms with Crippen molar-refractivity contribution in [3.05, 3.63) is 58.6 Å². The third-order valence-electron chi connectivity index (χ3n) is 4.61. The van der Waals surface area contributed by atoms with Gasteiger partial charge < -0.3 is 14.4 Å². The number of hydrogen-bond acceptors (Lipinski definition) is 3. The molecular formula is C21H24ClNO3. The quantitative estimate of drug-likeness (QED) is 0.744. The predicted octanol–water partition coefficient (Wildman–Crippen LogP) is 4.94. The van der Waals surface area contributed by atoms with E-state index >= 15 is 0 Å². The summed E-state index contributed by atoms with van der Waals surface area (Å²) >= 11 is 6.00. The SMILES string of the molecule is COc1ccc(C(=O)N2CCCCCC2)cc1COc1cccc(Cl)c1. The number of halogens is 1. The molecule has 1 heterocycles. The molecule has 0 atom stereocenters. The second kappa shape index (κ2) is 8.95. The molecule has 5 heteroatoms. The molecule has 0 aliphatic carbocycles. The Morgan fingerprint density at radius 2 is 1.85 bits per heavy atom. The summed E-state index contributed by atoms with van der Waals surface area (Å²) in [7, 11) is 1.62. The number of nitrogens with zero attached hydrogens (tertiary/aromatic N) is 1. The van der Waals surface area contributed by atoms with Crippen LogP contribution in [-0.2, 0) is 6.61 Å². The number of amides is 1. The Hall–Kier alpha value is -2.20. The minimum atomic E-state index is 0.0820. The van der Waals surface area contributed by atoms with Crippen molar-refractivity contribution in [3.63, 3.8) is 0 Å². The number of methoxy groups -OCH3 is 1. The Labute approximate surface area is 159 Å². The zero-order valence-corrected chi connectivity index (χ0v) is 15.8. The van der Waals surface area contributed by atoms with E-state index in [2.05, 4.69) is 0 Å². The normalized spacial score (nSPS) is 14.6. The fourth-order valence-electron chi connectivity index (χ4n) is 3.20. The topological polar surface area (TPSA) is 38.8 Å². The molecule has 0 N–H and O–H groups in total. The van der Waals surface area contributed by atoms with Gasteiger partial charge in [0.15, 0.2) is 0 Å². The lowest BCUT2D eigenvalue weighted by Crippen LogP contribution is -2.31. The van der Waals surface area contributed by atoms with E-state index in [1.807, 2.05) is 35.2 Å². The summed E-state index contributed by atoms with van der Waals surface area (Å²) in [5.74, 6) is 1.47. The average Bonchev–Trinajstić information content (AvgIpc) is 2.95. The predicted molar refractivity (Wildman–Crippen MR) is 103 cm³/mol. The lowest BCUT2D eigenvalue weighted by Gasteiger charge is -2.21. The monoisotopic (exact) mass is 373 g/mol. The summed E-state index contributed by atoms with van der Waals surface area (Å²) in [6.45, 7) is 1.98. The number of carbonyl (C=O) groups excluding carboxylic acids is 1. The molecule has 0 aromatic heterocycles. The van der Waals surface area contributed by atoms with Crippen LogP contribution >= 0.6 is 11.6 Å². The van der Waals surface area contributed by atoms with Gasteiger partial charge in [0.2, 0.25) is 0 Å². The number of rotatable bonds is 5. The average molecular weight is 374 g/mol. The van der Waals surface area contributed by atoms with E-state index < -0.39 is 0 Å². The molecule has 0 spiro atoms. The Kier molecular flexibility index (Phi) is 6.40. The van der Waals surface area contributed by atoms with E-state index in [0.717, 1.165) is 31.5 Å². The van der Waals surface area contributed by atoms with Crippen molar-refractivity contribution in [2.75, 3.05) is 20.2 Å². The summed E-state index contributed by atoms with van der Waals surface area (Å²) in [4.78, 5) is 14.8. The lowest BCUT2D eigenvalue weighted by molar-refractivity contribution is 0.0761. The second-order valence-corrected chi connectivity index (χ2v) is 6.92. The molecule has 1 fully saturated rings. The lowest BCUT2D eigenvalue weighted by atomic mass is 10.1. The van der Waals surface area contributed by atoms with Crippen molar-refractivity contribution >= 4 is 17.5 Å². The van der Waals surface area contributed by atoms with Crippen LogP contribution in [0.1, 0.15) is 41.6 Å². The summed E-state index contributed by atoms with van der Waals surface area (Å²) in [6, 6.07) is 12.8. The third kappa shape index (κ3) is 4.70. The molecule has 4 nitrogen and oxygen atoms in total. The first-order valence-corrected chi connectivity index (χ1v) is 9.40. The van der Waals surface area contributed by atoms with Crippen molar-refractivity contribution < 1.29 is 14.3 Å². The van der Waals surface area contributed by atoms with Crippen LogP contribution < -0.4 is 9.47 Å². The van der Waals surface area contributed by atoms with Crippen LogP contribution in [0.15, 0.2) is 42.5 Å². The first-order chi connectivity index (χ1) is 12.7. The zero-order chi connectivity index (χ0) is 18.4. The van der Waals surface area contributed by atoms with Crippen LogP contribution in [0.5, 0.6) is 11.5 Å². The number of ether oxygens (including phenoxy) is 2. The Morgan fingerprint density at radius 1 is 1.08 bits per heavy atom. The van der Waals surface area contributed by atoms with E-state index in [-0.39, 0.29) is 5.91 Å². The summed E-state index contributed by atoms with van der Waals surface area (Å²) in [5, 5.41) is 0.625. The molecule has 0 bridgehead atoms. The van der Waals surface area contributed by atoms with Gasteiger partial charge in [0.1, 0.15) is 18.1 Å². The van der Waals surface area contributed by atoms with Crippen LogP contribution in [0.4, 0.5) is 0 Å². The van der Waals surface area contributed by atoms with E-state index in [0.29, 0.717) is 28.7 Å². The summed E-state index contributed by atoms with van der Waals surface area (Å²) in [5.41, 5.74) is 1.52. The summed E-state index contributed by atoms with van der Waals surface area (Å²) < 4.78 is 11.3. The minimum absolute atomic E-state index is 0.0820. The number of likely N-dealkylation sites (tertiary alicyclic amines) is 1. The molecule has 138 valence electrons. The molecule has 2 aromatic rings. The van der Waals surface area contributed by atoms with Gasteiger partial charge in [-0.2, -0.15) is 0 Å². The summed E-state index contributed by atoms with van der Waals surface area (Å²) in [6.07, 6.45) is 4.55. The highest BCUT2D eigenvalue weighted by atomic mass is 35.5. The molecule has 0 radical (unpaired) electrons. The van der Waals surface area contributed by atoms with Crippen LogP contribution in [-0.4, -0.2) is 31.0 Å². The third-order valence-corrected chi connectivity index (χ3v) is 4.85.